The highest BCUT2D eigenvalue weighted by molar-refractivity contribution is 5.82. The molecule has 0 atom stereocenters. The molecule has 0 rings (SSSR count). The Balaban J connectivity index is 3.91. The Bertz CT molecular complexity index is 535. The Morgan fingerprint density at radius 2 is 1.19 bits per heavy atom. The van der Waals surface area contributed by atoms with Crippen molar-refractivity contribution < 1.29 is 19.0 Å². The fraction of sp³-hybridized carbons (Fsp3) is 0.593. The van der Waals surface area contributed by atoms with Gasteiger partial charge in [0.05, 0.1) is 13.2 Å². The predicted octanol–water partition coefficient (Wildman–Crippen LogP) is 6.89. The number of allylic oxidation sites excluding steroid dienone is 9. The van der Waals surface area contributed by atoms with Gasteiger partial charge in [-0.05, 0) is 26.7 Å². The van der Waals surface area contributed by atoms with Crippen LogP contribution in [0.5, 0.6) is 0 Å². The summed E-state index contributed by atoms with van der Waals surface area (Å²) in [6.45, 7) is 7.90. The summed E-state index contributed by atoms with van der Waals surface area (Å²) < 4.78 is 16.0. The summed E-state index contributed by atoms with van der Waals surface area (Å²) >= 11 is 0. The first-order valence-corrected chi connectivity index (χ1v) is 11.9. The quantitative estimate of drug-likeness (QED) is 0.0909. The summed E-state index contributed by atoms with van der Waals surface area (Å²) in [4.78, 5) is 11.8. The molecule has 31 heavy (non-hydrogen) atoms. The van der Waals surface area contributed by atoms with E-state index in [0.29, 0.717) is 26.4 Å². The molecule has 0 saturated carbocycles. The van der Waals surface area contributed by atoms with Crippen molar-refractivity contribution >= 4 is 5.97 Å². The van der Waals surface area contributed by atoms with Crippen LogP contribution in [-0.4, -0.2) is 38.5 Å². The minimum atomic E-state index is -0.399. The highest BCUT2D eigenvalue weighted by Crippen LogP contribution is 2.08. The van der Waals surface area contributed by atoms with Crippen molar-refractivity contribution in [3.63, 3.8) is 0 Å². The van der Waals surface area contributed by atoms with Crippen molar-refractivity contribution in [3.8, 4) is 0 Å². The van der Waals surface area contributed by atoms with Gasteiger partial charge >= 0.3 is 5.97 Å². The first-order valence-electron chi connectivity index (χ1n) is 11.9. The molecule has 0 radical (unpaired) electrons. The topological polar surface area (TPSA) is 44.8 Å². The molecule has 0 aromatic heterocycles. The molecule has 0 heterocycles. The summed E-state index contributed by atoms with van der Waals surface area (Å²) in [5.74, 6) is -0.399. The maximum absolute atomic E-state index is 11.8. The van der Waals surface area contributed by atoms with Gasteiger partial charge in [0.15, 0.2) is 0 Å². The molecule has 0 fully saturated rings. The number of esters is 1. The van der Waals surface area contributed by atoms with Gasteiger partial charge in [0.2, 0.25) is 0 Å². The minimum Gasteiger partial charge on any atom is -0.454 e. The Labute approximate surface area is 190 Å². The molecule has 0 aliphatic carbocycles. The van der Waals surface area contributed by atoms with Crippen LogP contribution in [0.3, 0.4) is 0 Å². The summed E-state index contributed by atoms with van der Waals surface area (Å²) in [5.41, 5.74) is 0. The summed E-state index contributed by atoms with van der Waals surface area (Å²) in [7, 11) is 0. The number of hydrogen-bond donors (Lipinski definition) is 0. The van der Waals surface area contributed by atoms with Crippen LogP contribution in [0.4, 0.5) is 0 Å². The van der Waals surface area contributed by atoms with E-state index in [9.17, 15) is 4.79 Å². The van der Waals surface area contributed by atoms with Crippen LogP contribution in [0.15, 0.2) is 60.8 Å². The Morgan fingerprint density at radius 3 is 1.77 bits per heavy atom. The number of carbonyl (C=O) groups is 1. The lowest BCUT2D eigenvalue weighted by atomic mass is 10.1. The smallest absolute Gasteiger partial charge is 0.331 e. The molecular weight excluding hydrogens is 388 g/mol. The maximum atomic E-state index is 11.8. The molecular formula is C27H44O4. The third kappa shape index (κ3) is 22.6. The number of hydrogen-bond acceptors (Lipinski definition) is 4. The Kier molecular flexibility index (Phi) is 22.9. The van der Waals surface area contributed by atoms with E-state index in [1.54, 1.807) is 12.2 Å². The van der Waals surface area contributed by atoms with Gasteiger partial charge in [-0.1, -0.05) is 100 Å². The van der Waals surface area contributed by atoms with Crippen LogP contribution in [0.25, 0.3) is 0 Å². The van der Waals surface area contributed by atoms with Crippen LogP contribution in [-0.2, 0) is 19.0 Å². The van der Waals surface area contributed by atoms with Crippen molar-refractivity contribution in [2.24, 2.45) is 0 Å². The van der Waals surface area contributed by atoms with Gasteiger partial charge in [-0.2, -0.15) is 0 Å². The lowest BCUT2D eigenvalue weighted by molar-refractivity contribution is -0.149. The molecule has 0 N–H and O–H groups in total. The molecule has 176 valence electrons. The first kappa shape index (κ1) is 29.1. The van der Waals surface area contributed by atoms with E-state index < -0.39 is 5.97 Å². The highest BCUT2D eigenvalue weighted by Gasteiger charge is 2.12. The van der Waals surface area contributed by atoms with Crippen LogP contribution in [0.1, 0.15) is 72.1 Å². The third-order valence-corrected chi connectivity index (χ3v) is 4.42. The number of unbranched alkanes of at least 4 members (excludes halogenated alkanes) is 7. The molecule has 4 nitrogen and oxygen atoms in total. The summed E-state index contributed by atoms with van der Waals surface area (Å²) in [6, 6.07) is 0. The largest absolute Gasteiger partial charge is 0.454 e. The molecule has 0 aliphatic rings. The second-order valence-corrected chi connectivity index (χ2v) is 7.23. The standard InChI is InChI=1S/C27H44O4/c1-4-7-8-9-10-11-12-13-14-15-16-17-18-19-20-21-22-23-27(28)31-26(24-29-5-2)25-30-6-3/h14-23,26H,4-13,24-25H2,1-3H3. The van der Waals surface area contributed by atoms with Crippen LogP contribution in [0.2, 0.25) is 0 Å². The average Bonchev–Trinajstić information content (AvgIpc) is 2.77. The molecule has 0 aliphatic heterocycles. The van der Waals surface area contributed by atoms with Crippen molar-refractivity contribution in [3.05, 3.63) is 60.8 Å². The lowest BCUT2D eigenvalue weighted by Gasteiger charge is -2.16. The van der Waals surface area contributed by atoms with Crippen molar-refractivity contribution in [2.75, 3.05) is 26.4 Å². The van der Waals surface area contributed by atoms with E-state index in [0.717, 1.165) is 6.42 Å². The lowest BCUT2D eigenvalue weighted by Crippen LogP contribution is -2.28. The SMILES string of the molecule is CCCCCCCCCC=CC=CC=CC=CC=CC(=O)OC(COCC)COCC. The van der Waals surface area contributed by atoms with Crippen LogP contribution >= 0.6 is 0 Å². The van der Waals surface area contributed by atoms with Gasteiger partial charge < -0.3 is 14.2 Å². The van der Waals surface area contributed by atoms with Crippen LogP contribution in [0, 0.1) is 0 Å². The fourth-order valence-electron chi connectivity index (χ4n) is 2.73. The zero-order valence-electron chi connectivity index (χ0n) is 20.0. The van der Waals surface area contributed by atoms with Gasteiger partial charge in [0.1, 0.15) is 6.10 Å². The van der Waals surface area contributed by atoms with Crippen molar-refractivity contribution in [1.82, 2.24) is 0 Å². The molecule has 0 aromatic rings. The van der Waals surface area contributed by atoms with Gasteiger partial charge in [-0.25, -0.2) is 4.79 Å². The molecule has 4 heteroatoms. The second kappa shape index (κ2) is 24.4. The van der Waals surface area contributed by atoms with Crippen molar-refractivity contribution in [2.45, 2.75) is 78.2 Å². The van der Waals surface area contributed by atoms with Gasteiger partial charge in [0, 0.05) is 19.3 Å². The zero-order valence-corrected chi connectivity index (χ0v) is 20.0. The number of carbonyl (C=O) groups excluding carboxylic acids is 1. The van der Waals surface area contributed by atoms with E-state index in [4.69, 9.17) is 14.2 Å². The Morgan fingerprint density at radius 1 is 0.677 bits per heavy atom. The maximum Gasteiger partial charge on any atom is 0.331 e. The van der Waals surface area contributed by atoms with Gasteiger partial charge in [0.25, 0.3) is 0 Å². The predicted molar refractivity (Wildman–Crippen MR) is 131 cm³/mol. The van der Waals surface area contributed by atoms with E-state index >= 15 is 0 Å². The highest BCUT2D eigenvalue weighted by atomic mass is 16.6. The molecule has 0 unspecified atom stereocenters. The molecule has 0 amide bonds. The molecule has 0 spiro atoms. The van der Waals surface area contributed by atoms with Crippen molar-refractivity contribution in [1.29, 1.82) is 0 Å². The second-order valence-electron chi connectivity index (χ2n) is 7.23. The van der Waals surface area contributed by atoms with Crippen LogP contribution < -0.4 is 0 Å². The number of ether oxygens (including phenoxy) is 3. The van der Waals surface area contributed by atoms with E-state index in [1.165, 1.54) is 51.0 Å². The molecule has 0 saturated heterocycles. The average molecular weight is 433 g/mol. The molecule has 0 bridgehead atoms. The van der Waals surface area contributed by atoms with E-state index in [-0.39, 0.29) is 6.10 Å². The Hall–Kier alpha value is -1.91. The summed E-state index contributed by atoms with van der Waals surface area (Å²) in [5, 5.41) is 0. The van der Waals surface area contributed by atoms with Gasteiger partial charge in [-0.15, -0.1) is 0 Å². The summed E-state index contributed by atoms with van der Waals surface area (Å²) in [6.07, 6.45) is 29.2. The van der Waals surface area contributed by atoms with E-state index in [2.05, 4.69) is 19.1 Å². The van der Waals surface area contributed by atoms with E-state index in [1.807, 2.05) is 44.2 Å². The fourth-order valence-corrected chi connectivity index (χ4v) is 2.73. The minimum absolute atomic E-state index is 0.342. The number of rotatable bonds is 20. The zero-order chi connectivity index (χ0) is 22.8. The monoisotopic (exact) mass is 432 g/mol. The molecule has 0 aromatic carbocycles. The normalized spacial score (nSPS) is 12.6. The first-order chi connectivity index (χ1) is 15.2. The van der Waals surface area contributed by atoms with Gasteiger partial charge in [-0.3, -0.25) is 0 Å². The third-order valence-electron chi connectivity index (χ3n) is 4.42.